The van der Waals surface area contributed by atoms with Gasteiger partial charge in [-0.05, 0) is 192 Å². The first-order chi connectivity index (χ1) is 41.1. The van der Waals surface area contributed by atoms with Gasteiger partial charge >= 0.3 is 15.9 Å². The topological polar surface area (TPSA) is 77.3 Å². The van der Waals surface area contributed by atoms with Gasteiger partial charge in [0.25, 0.3) is 0 Å². The van der Waals surface area contributed by atoms with E-state index in [1.807, 2.05) is 6.07 Å². The molecule has 8 heteroatoms. The lowest BCUT2D eigenvalue weighted by molar-refractivity contribution is 0.371. The maximum absolute atomic E-state index is 14.5. The Morgan fingerprint density at radius 3 is 1.13 bits per heavy atom. The molecule has 2 heterocycles. The van der Waals surface area contributed by atoms with E-state index in [1.165, 1.54) is 50.1 Å². The van der Waals surface area contributed by atoms with Crippen molar-refractivity contribution in [3.63, 3.8) is 0 Å². The molecule has 12 aromatic rings. The van der Waals surface area contributed by atoms with Gasteiger partial charge in [0.05, 0.1) is 0 Å². The van der Waals surface area contributed by atoms with Crippen molar-refractivity contribution in [1.82, 2.24) is 0 Å². The van der Waals surface area contributed by atoms with Gasteiger partial charge in [0.1, 0.15) is 17.1 Å². The second-order valence-corrected chi connectivity index (χ2v) is 25.3. The second-order valence-electron chi connectivity index (χ2n) is 22.4. The third-order valence-corrected chi connectivity index (χ3v) is 20.8. The van der Waals surface area contributed by atoms with Gasteiger partial charge in [-0.15, -0.1) is 0 Å². The van der Waals surface area contributed by atoms with E-state index >= 15 is 0 Å². The molecule has 0 amide bonds. The summed E-state index contributed by atoms with van der Waals surface area (Å²) in [7, 11) is -7.04. The highest BCUT2D eigenvalue weighted by Crippen LogP contribution is 2.65. The molecular formula is C76H73NO5P2. The van der Waals surface area contributed by atoms with Crippen LogP contribution in [0.4, 0.5) is 0 Å². The van der Waals surface area contributed by atoms with Crippen LogP contribution >= 0.6 is 15.9 Å². The molecule has 11 aromatic carbocycles. The quantitative estimate of drug-likeness (QED) is 0.116. The first kappa shape index (κ1) is 55.3. The molecule has 0 radical (unpaired) electrons. The van der Waals surface area contributed by atoms with E-state index < -0.39 is 15.9 Å². The Bertz CT molecular complexity index is 4510. The summed E-state index contributed by atoms with van der Waals surface area (Å²) in [5.41, 5.74) is 20.3. The van der Waals surface area contributed by atoms with Gasteiger partial charge in [-0.25, -0.2) is 0 Å². The number of fused-ring (bicyclic) bond motifs is 14. The van der Waals surface area contributed by atoms with Crippen LogP contribution in [0.3, 0.4) is 0 Å². The molecular weight excluding hydrogens is 1070 g/mol. The van der Waals surface area contributed by atoms with Crippen molar-refractivity contribution in [3.05, 3.63) is 214 Å². The van der Waals surface area contributed by atoms with Crippen LogP contribution in [0, 0.1) is 0 Å². The molecule has 6 nitrogen and oxygen atoms in total. The first-order valence-corrected chi connectivity index (χ1v) is 33.3. The van der Waals surface area contributed by atoms with Gasteiger partial charge in [0.2, 0.25) is 0 Å². The summed E-state index contributed by atoms with van der Waals surface area (Å²) in [4.78, 5) is 14.5. The van der Waals surface area contributed by atoms with Gasteiger partial charge in [-0.2, -0.15) is 0 Å². The van der Waals surface area contributed by atoms with Crippen LogP contribution in [0.25, 0.3) is 110 Å². The standard InChI is InChI=1S/C76H73NO5P2/c1-10-46-37-49(13-4)67(50(14-5)38-46)63-43-56-28-20-24-32-60(56)71-70-59-31-23-19-27-55(59)35-36-66(70)79-83(80-74(63)71)77-84(78)81-75-64(68-51(15-6)39-47(11-2)40-52(68)16-7)44-57-29-21-25-33-61(57)72(75)73-62-34-26-22-30-58(62)45-65(76(73)82-84)69-53(17-8)41-48(12-3)42-54(69)18-9/h19-45,78H,10-18H2,1-9H3. The third-order valence-electron chi connectivity index (χ3n) is 17.8. The zero-order valence-corrected chi connectivity index (χ0v) is 51.7. The van der Waals surface area contributed by atoms with Crippen LogP contribution in [-0.4, -0.2) is 4.89 Å². The van der Waals surface area contributed by atoms with Crippen LogP contribution < -0.4 is 9.05 Å². The second kappa shape index (κ2) is 22.6. The Balaban J connectivity index is 1.24. The number of benzene rings is 11. The summed E-state index contributed by atoms with van der Waals surface area (Å²) in [6.07, 6.45) is 7.61. The molecule has 1 atom stereocenters. The molecule has 1 aromatic heterocycles. The van der Waals surface area contributed by atoms with Crippen LogP contribution in [0.2, 0.25) is 0 Å². The highest BCUT2D eigenvalue weighted by atomic mass is 31.2. The van der Waals surface area contributed by atoms with Crippen molar-refractivity contribution in [2.75, 3.05) is 0 Å². The van der Waals surface area contributed by atoms with E-state index in [9.17, 15) is 4.89 Å². The molecule has 0 spiro atoms. The molecule has 1 unspecified atom stereocenters. The Morgan fingerprint density at radius 1 is 0.357 bits per heavy atom. The molecule has 1 aliphatic heterocycles. The minimum absolute atomic E-state index is 0.523. The molecule has 0 saturated carbocycles. The molecule has 1 N–H and O–H groups in total. The zero-order chi connectivity index (χ0) is 58.0. The highest BCUT2D eigenvalue weighted by Gasteiger charge is 2.39. The summed E-state index contributed by atoms with van der Waals surface area (Å²) in [5, 5.41) is 10.1. The van der Waals surface area contributed by atoms with E-state index in [0.29, 0.717) is 22.7 Å². The Kier molecular flexibility index (Phi) is 14.9. The maximum Gasteiger partial charge on any atom is 0.477 e. The Hall–Kier alpha value is -7.85. The van der Waals surface area contributed by atoms with Crippen molar-refractivity contribution in [2.24, 2.45) is 4.52 Å². The number of rotatable bonds is 13. The van der Waals surface area contributed by atoms with E-state index in [-0.39, 0.29) is 0 Å². The van der Waals surface area contributed by atoms with E-state index in [4.69, 9.17) is 22.0 Å². The predicted octanol–water partition coefficient (Wildman–Crippen LogP) is 22.8. The average molecular weight is 1140 g/mol. The molecule has 13 rings (SSSR count). The van der Waals surface area contributed by atoms with Gasteiger partial charge in [0, 0.05) is 38.6 Å². The van der Waals surface area contributed by atoms with Gasteiger partial charge in [-0.1, -0.05) is 206 Å². The first-order valence-electron chi connectivity index (χ1n) is 30.6. The van der Waals surface area contributed by atoms with Gasteiger partial charge < -0.3 is 17.4 Å². The molecule has 84 heavy (non-hydrogen) atoms. The normalized spacial score (nSPS) is 13.1. The molecule has 0 saturated heterocycles. The fourth-order valence-corrected chi connectivity index (χ4v) is 16.5. The van der Waals surface area contributed by atoms with Crippen LogP contribution in [0.15, 0.2) is 177 Å². The van der Waals surface area contributed by atoms with Crippen molar-refractivity contribution < 1.29 is 22.3 Å². The number of hydrogen-bond acceptors (Lipinski definition) is 5. The Morgan fingerprint density at radius 2 is 0.714 bits per heavy atom. The van der Waals surface area contributed by atoms with Gasteiger partial charge in [0.15, 0.2) is 5.58 Å². The zero-order valence-electron chi connectivity index (χ0n) is 49.9. The monoisotopic (exact) mass is 1140 g/mol. The lowest BCUT2D eigenvalue weighted by Gasteiger charge is -2.23. The van der Waals surface area contributed by atoms with Crippen LogP contribution in [-0.2, 0) is 57.8 Å². The number of aryl methyl sites for hydroxylation is 9. The minimum Gasteiger partial charge on any atom is -0.408 e. The summed E-state index contributed by atoms with van der Waals surface area (Å²) < 4.78 is 35.9. The minimum atomic E-state index is -4.58. The molecule has 0 fully saturated rings. The largest absolute Gasteiger partial charge is 0.477 e. The molecule has 0 bridgehead atoms. The van der Waals surface area contributed by atoms with Crippen LogP contribution in [0.5, 0.6) is 11.5 Å². The fourth-order valence-electron chi connectivity index (χ4n) is 13.6. The molecule has 0 aliphatic carbocycles. The summed E-state index contributed by atoms with van der Waals surface area (Å²) >= 11 is 0. The molecule has 422 valence electrons. The highest BCUT2D eigenvalue weighted by molar-refractivity contribution is 7.57. The summed E-state index contributed by atoms with van der Waals surface area (Å²) in [6, 6.07) is 59.4. The van der Waals surface area contributed by atoms with Crippen molar-refractivity contribution in [1.29, 1.82) is 0 Å². The maximum atomic E-state index is 14.5. The lowest BCUT2D eigenvalue weighted by atomic mass is 9.82. The summed E-state index contributed by atoms with van der Waals surface area (Å²) in [5.74, 6) is 1.05. The smallest absolute Gasteiger partial charge is 0.408 e. The molecule has 1 aliphatic rings. The number of nitrogens with zero attached hydrogens (tertiary/aromatic N) is 1. The van der Waals surface area contributed by atoms with Crippen molar-refractivity contribution in [2.45, 2.75) is 120 Å². The summed E-state index contributed by atoms with van der Waals surface area (Å²) in [6.45, 7) is 20.1. The third kappa shape index (κ3) is 9.34. The Labute approximate surface area is 495 Å². The van der Waals surface area contributed by atoms with E-state index in [0.717, 1.165) is 156 Å². The van der Waals surface area contributed by atoms with Crippen molar-refractivity contribution in [3.8, 4) is 56.0 Å². The van der Waals surface area contributed by atoms with E-state index in [2.05, 4.69) is 220 Å². The number of hydrogen-bond donors (Lipinski definition) is 1. The van der Waals surface area contributed by atoms with Crippen molar-refractivity contribution >= 4 is 80.9 Å². The van der Waals surface area contributed by atoms with Gasteiger partial charge in [-0.3, -0.25) is 4.89 Å². The average Bonchev–Trinajstić information content (AvgIpc) is 2.41. The van der Waals surface area contributed by atoms with Crippen LogP contribution in [0.1, 0.15) is 112 Å². The predicted molar refractivity (Wildman–Crippen MR) is 357 cm³/mol. The fraction of sp³-hybridized carbons (Fsp3) is 0.237. The lowest BCUT2D eigenvalue weighted by Crippen LogP contribution is -2.03. The SMILES string of the molecule is CCc1cc(CC)c(-c2cc3ccccc3c3c2OP(O)(=Np2oc4ccc5ccccc5c4c4c(o2)c(-c2c(CC)cc(CC)cc2CC)cc2ccccc24)Oc2c(-c4c(CC)cc(CC)cc4CC)cc4ccccc4c2-3)c(CC)c1. The van der Waals surface area contributed by atoms with E-state index in [1.54, 1.807) is 0 Å².